The minimum Gasteiger partial charge on any atom is -0.340 e. The fourth-order valence-corrected chi connectivity index (χ4v) is 2.44. The van der Waals surface area contributed by atoms with E-state index in [1.54, 1.807) is 0 Å². The van der Waals surface area contributed by atoms with Crippen LogP contribution in [0, 0.1) is 0 Å². The van der Waals surface area contributed by atoms with Crippen molar-refractivity contribution in [3.8, 4) is 0 Å². The molecular formula is C15H22N2O. The van der Waals surface area contributed by atoms with Gasteiger partial charge in [0.25, 0.3) is 0 Å². The van der Waals surface area contributed by atoms with E-state index in [-0.39, 0.29) is 5.91 Å². The van der Waals surface area contributed by atoms with Crippen LogP contribution in [0.1, 0.15) is 31.7 Å². The molecule has 1 atom stereocenters. The van der Waals surface area contributed by atoms with E-state index in [1.165, 1.54) is 5.56 Å². The predicted octanol–water partition coefficient (Wildman–Crippen LogP) is 2.00. The molecule has 1 saturated heterocycles. The Labute approximate surface area is 109 Å². The van der Waals surface area contributed by atoms with Crippen LogP contribution in [0.2, 0.25) is 0 Å². The smallest absolute Gasteiger partial charge is 0.242 e. The highest BCUT2D eigenvalue weighted by Crippen LogP contribution is 2.28. The molecule has 1 aromatic rings. The van der Waals surface area contributed by atoms with E-state index in [4.69, 9.17) is 0 Å². The number of nitrogens with zero attached hydrogens (tertiary/aromatic N) is 1. The summed E-state index contributed by atoms with van der Waals surface area (Å²) in [4.78, 5) is 14.3. The minimum atomic E-state index is -0.467. The van der Waals surface area contributed by atoms with Crippen LogP contribution in [-0.4, -0.2) is 36.5 Å². The van der Waals surface area contributed by atoms with E-state index in [0.717, 1.165) is 19.5 Å². The monoisotopic (exact) mass is 246 g/mol. The van der Waals surface area contributed by atoms with Crippen molar-refractivity contribution in [2.75, 3.05) is 20.1 Å². The number of hydrogen-bond donors (Lipinski definition) is 1. The summed E-state index contributed by atoms with van der Waals surface area (Å²) in [5, 5.41) is 3.08. The van der Waals surface area contributed by atoms with Crippen LogP contribution >= 0.6 is 0 Å². The first-order chi connectivity index (χ1) is 8.54. The van der Waals surface area contributed by atoms with Gasteiger partial charge in [0.1, 0.15) is 0 Å². The molecule has 1 aliphatic rings. The van der Waals surface area contributed by atoms with Gasteiger partial charge in [-0.15, -0.1) is 0 Å². The van der Waals surface area contributed by atoms with Gasteiger partial charge in [0, 0.05) is 19.0 Å². The van der Waals surface area contributed by atoms with E-state index >= 15 is 0 Å². The largest absolute Gasteiger partial charge is 0.340 e. The molecule has 3 nitrogen and oxygen atoms in total. The SMILES string of the molecule is CNC(C)(C)C(=O)N1CCC(c2ccccc2)C1. The Kier molecular flexibility index (Phi) is 3.71. The summed E-state index contributed by atoms with van der Waals surface area (Å²) in [6.45, 7) is 5.58. The van der Waals surface area contributed by atoms with Crippen LogP contribution < -0.4 is 5.32 Å². The maximum absolute atomic E-state index is 12.3. The number of carbonyl (C=O) groups excluding carboxylic acids is 1. The normalized spacial score (nSPS) is 20.2. The fourth-order valence-electron chi connectivity index (χ4n) is 2.44. The third-order valence-corrected chi connectivity index (χ3v) is 3.91. The second-order valence-electron chi connectivity index (χ2n) is 5.52. The Morgan fingerprint density at radius 3 is 2.61 bits per heavy atom. The molecule has 1 amide bonds. The second kappa shape index (κ2) is 5.11. The number of rotatable bonds is 3. The summed E-state index contributed by atoms with van der Waals surface area (Å²) in [5.74, 6) is 0.686. The van der Waals surface area contributed by atoms with Gasteiger partial charge in [-0.05, 0) is 32.9 Å². The van der Waals surface area contributed by atoms with Crippen LogP contribution in [0.3, 0.4) is 0 Å². The van der Waals surface area contributed by atoms with Crippen molar-refractivity contribution in [2.24, 2.45) is 0 Å². The number of amides is 1. The van der Waals surface area contributed by atoms with Crippen LogP contribution in [0.4, 0.5) is 0 Å². The van der Waals surface area contributed by atoms with E-state index in [9.17, 15) is 4.79 Å². The molecule has 0 aliphatic carbocycles. The van der Waals surface area contributed by atoms with E-state index in [0.29, 0.717) is 5.92 Å². The molecule has 1 fully saturated rings. The van der Waals surface area contributed by atoms with Gasteiger partial charge in [-0.1, -0.05) is 30.3 Å². The zero-order valence-electron chi connectivity index (χ0n) is 11.4. The van der Waals surface area contributed by atoms with Crippen molar-refractivity contribution in [3.05, 3.63) is 35.9 Å². The van der Waals surface area contributed by atoms with Crippen molar-refractivity contribution in [1.29, 1.82) is 0 Å². The number of likely N-dealkylation sites (tertiary alicyclic amines) is 1. The molecule has 1 N–H and O–H groups in total. The Hall–Kier alpha value is -1.35. The topological polar surface area (TPSA) is 32.3 Å². The lowest BCUT2D eigenvalue weighted by atomic mass is 9.98. The highest BCUT2D eigenvalue weighted by molar-refractivity contribution is 5.85. The highest BCUT2D eigenvalue weighted by Gasteiger charge is 2.35. The van der Waals surface area contributed by atoms with Crippen LogP contribution in [0.15, 0.2) is 30.3 Å². The Morgan fingerprint density at radius 1 is 1.33 bits per heavy atom. The number of carbonyl (C=O) groups is 1. The lowest BCUT2D eigenvalue weighted by Crippen LogP contribution is -2.52. The van der Waals surface area contributed by atoms with Crippen LogP contribution in [-0.2, 0) is 4.79 Å². The average Bonchev–Trinajstić information content (AvgIpc) is 2.88. The molecule has 0 radical (unpaired) electrons. The molecule has 3 heteroatoms. The van der Waals surface area contributed by atoms with Crippen molar-refractivity contribution in [3.63, 3.8) is 0 Å². The zero-order valence-corrected chi connectivity index (χ0v) is 11.4. The van der Waals surface area contributed by atoms with Gasteiger partial charge in [0.2, 0.25) is 5.91 Å². The summed E-state index contributed by atoms with van der Waals surface area (Å²) in [7, 11) is 1.84. The molecule has 0 saturated carbocycles. The van der Waals surface area contributed by atoms with E-state index in [2.05, 4.69) is 29.6 Å². The maximum atomic E-state index is 12.3. The lowest BCUT2D eigenvalue weighted by Gasteiger charge is -2.29. The Balaban J connectivity index is 2.03. The number of likely N-dealkylation sites (N-methyl/N-ethyl adjacent to an activating group) is 1. The zero-order chi connectivity index (χ0) is 13.2. The van der Waals surface area contributed by atoms with Gasteiger partial charge in [0.05, 0.1) is 5.54 Å². The van der Waals surface area contributed by atoms with Gasteiger partial charge in [-0.3, -0.25) is 4.79 Å². The lowest BCUT2D eigenvalue weighted by molar-refractivity contribution is -0.135. The third-order valence-electron chi connectivity index (χ3n) is 3.91. The van der Waals surface area contributed by atoms with E-state index in [1.807, 2.05) is 31.9 Å². The average molecular weight is 246 g/mol. The highest BCUT2D eigenvalue weighted by atomic mass is 16.2. The molecule has 1 aliphatic heterocycles. The summed E-state index contributed by atoms with van der Waals surface area (Å²) in [6, 6.07) is 10.5. The van der Waals surface area contributed by atoms with Crippen molar-refractivity contribution in [2.45, 2.75) is 31.7 Å². The van der Waals surface area contributed by atoms with Crippen molar-refractivity contribution >= 4 is 5.91 Å². The molecule has 0 aromatic heterocycles. The molecular weight excluding hydrogens is 224 g/mol. The summed E-state index contributed by atoms with van der Waals surface area (Å²) >= 11 is 0. The standard InChI is InChI=1S/C15H22N2O/c1-15(2,16-3)14(18)17-10-9-13(11-17)12-7-5-4-6-8-12/h4-8,13,16H,9-11H2,1-3H3. The molecule has 1 aromatic carbocycles. The molecule has 1 unspecified atom stereocenters. The van der Waals surface area contributed by atoms with Gasteiger partial charge in [-0.25, -0.2) is 0 Å². The van der Waals surface area contributed by atoms with Crippen LogP contribution in [0.25, 0.3) is 0 Å². The number of nitrogens with one attached hydrogen (secondary N) is 1. The van der Waals surface area contributed by atoms with Gasteiger partial charge in [0.15, 0.2) is 0 Å². The molecule has 0 bridgehead atoms. The molecule has 2 rings (SSSR count). The summed E-state index contributed by atoms with van der Waals surface area (Å²) in [6.07, 6.45) is 1.07. The van der Waals surface area contributed by atoms with Crippen LogP contribution in [0.5, 0.6) is 0 Å². The van der Waals surface area contributed by atoms with Crippen molar-refractivity contribution < 1.29 is 4.79 Å². The van der Waals surface area contributed by atoms with E-state index < -0.39 is 5.54 Å². The predicted molar refractivity (Wildman–Crippen MR) is 73.5 cm³/mol. The van der Waals surface area contributed by atoms with Crippen molar-refractivity contribution in [1.82, 2.24) is 10.2 Å². The first-order valence-corrected chi connectivity index (χ1v) is 6.58. The molecule has 1 heterocycles. The maximum Gasteiger partial charge on any atom is 0.242 e. The second-order valence-corrected chi connectivity index (χ2v) is 5.52. The minimum absolute atomic E-state index is 0.198. The fraction of sp³-hybridized carbons (Fsp3) is 0.533. The number of hydrogen-bond acceptors (Lipinski definition) is 2. The molecule has 98 valence electrons. The Morgan fingerprint density at radius 2 is 2.00 bits per heavy atom. The van der Waals surface area contributed by atoms with Gasteiger partial charge < -0.3 is 10.2 Å². The third kappa shape index (κ3) is 2.56. The Bertz CT molecular complexity index is 414. The van der Waals surface area contributed by atoms with Gasteiger partial charge in [-0.2, -0.15) is 0 Å². The summed E-state index contributed by atoms with van der Waals surface area (Å²) in [5.41, 5.74) is 0.876. The van der Waals surface area contributed by atoms with Gasteiger partial charge >= 0.3 is 0 Å². The molecule has 18 heavy (non-hydrogen) atoms. The first-order valence-electron chi connectivity index (χ1n) is 6.58. The summed E-state index contributed by atoms with van der Waals surface area (Å²) < 4.78 is 0. The molecule has 0 spiro atoms. The first kappa shape index (κ1) is 13.1. The quantitative estimate of drug-likeness (QED) is 0.884. The number of benzene rings is 1.